The highest BCUT2D eigenvalue weighted by atomic mass is 28.3. The Morgan fingerprint density at radius 3 is 2.38 bits per heavy atom. The van der Waals surface area contributed by atoms with Gasteiger partial charge in [-0.3, -0.25) is 4.79 Å². The minimum atomic E-state index is -1.43. The Labute approximate surface area is 128 Å². The van der Waals surface area contributed by atoms with Crippen LogP contribution in [0.4, 0.5) is 5.69 Å². The summed E-state index contributed by atoms with van der Waals surface area (Å²) in [5, 5.41) is 0. The van der Waals surface area contributed by atoms with Crippen molar-refractivity contribution in [3.8, 4) is 11.5 Å². The lowest BCUT2D eigenvalue weighted by molar-refractivity contribution is -0.153. The fourth-order valence-corrected chi connectivity index (χ4v) is 2.22. The molecular formula is C17H25NO2Si. The third-order valence-corrected chi connectivity index (χ3v) is 3.24. The quantitative estimate of drug-likeness (QED) is 0.394. The molecule has 0 unspecified atom stereocenters. The molecule has 0 aliphatic rings. The van der Waals surface area contributed by atoms with E-state index in [4.69, 9.17) is 10.5 Å². The average Bonchev–Trinajstić information content (AvgIpc) is 2.21. The first-order chi connectivity index (χ1) is 9.44. The molecule has 1 aromatic rings. The van der Waals surface area contributed by atoms with Crippen molar-refractivity contribution in [3.05, 3.63) is 29.3 Å². The molecule has 0 radical (unpaired) electrons. The van der Waals surface area contributed by atoms with E-state index in [-0.39, 0.29) is 12.4 Å². The van der Waals surface area contributed by atoms with Crippen molar-refractivity contribution >= 4 is 19.7 Å². The van der Waals surface area contributed by atoms with Crippen LogP contribution in [0.3, 0.4) is 0 Å². The lowest BCUT2D eigenvalue weighted by Gasteiger charge is -2.19. The zero-order valence-corrected chi connectivity index (χ0v) is 14.8. The van der Waals surface area contributed by atoms with Gasteiger partial charge < -0.3 is 10.5 Å². The number of esters is 1. The van der Waals surface area contributed by atoms with Gasteiger partial charge in [0.05, 0.1) is 6.42 Å². The Morgan fingerprint density at radius 1 is 1.24 bits per heavy atom. The molecular weight excluding hydrogens is 278 g/mol. The number of nitrogen functional groups attached to an aromatic ring is 1. The van der Waals surface area contributed by atoms with E-state index in [9.17, 15) is 4.79 Å². The van der Waals surface area contributed by atoms with Crippen molar-refractivity contribution in [1.82, 2.24) is 0 Å². The van der Waals surface area contributed by atoms with E-state index in [0.717, 1.165) is 11.1 Å². The molecule has 0 aromatic heterocycles. The molecule has 4 heteroatoms. The van der Waals surface area contributed by atoms with Crippen LogP contribution in [0, 0.1) is 11.5 Å². The molecule has 0 fully saturated rings. The Morgan fingerprint density at radius 2 is 1.86 bits per heavy atom. The van der Waals surface area contributed by atoms with Crippen molar-refractivity contribution in [1.29, 1.82) is 0 Å². The van der Waals surface area contributed by atoms with E-state index >= 15 is 0 Å². The van der Waals surface area contributed by atoms with Crippen molar-refractivity contribution in [3.63, 3.8) is 0 Å². The predicted molar refractivity (Wildman–Crippen MR) is 90.6 cm³/mol. The van der Waals surface area contributed by atoms with Crippen LogP contribution in [0.1, 0.15) is 31.9 Å². The zero-order chi connectivity index (χ0) is 16.3. The summed E-state index contributed by atoms with van der Waals surface area (Å²) in [5.41, 5.74) is 11.0. The normalized spacial score (nSPS) is 11.5. The van der Waals surface area contributed by atoms with Gasteiger partial charge in [0.25, 0.3) is 0 Å². The fourth-order valence-electron chi connectivity index (χ4n) is 1.70. The highest BCUT2D eigenvalue weighted by molar-refractivity contribution is 6.83. The number of ether oxygens (including phenoxy) is 1. The number of anilines is 1. The van der Waals surface area contributed by atoms with E-state index < -0.39 is 13.7 Å². The lowest BCUT2D eigenvalue weighted by Crippen LogP contribution is -2.24. The van der Waals surface area contributed by atoms with Gasteiger partial charge in [-0.05, 0) is 44.5 Å². The van der Waals surface area contributed by atoms with Crippen LogP contribution in [0.25, 0.3) is 0 Å². The summed E-state index contributed by atoms with van der Waals surface area (Å²) in [6, 6.07) is 5.54. The standard InChI is InChI=1S/C17H25NO2Si/c1-17(2,3)20-16(19)12-14-9-13(10-15(18)11-14)7-8-21(4,5)6/h9-11H,12,18H2,1-6H3. The molecule has 0 bridgehead atoms. The zero-order valence-electron chi connectivity index (χ0n) is 13.8. The Kier molecular flexibility index (Phi) is 5.24. The highest BCUT2D eigenvalue weighted by Gasteiger charge is 2.16. The van der Waals surface area contributed by atoms with Crippen molar-refractivity contribution < 1.29 is 9.53 Å². The SMILES string of the molecule is CC(C)(C)OC(=O)Cc1cc(N)cc(C#C[Si](C)(C)C)c1. The summed E-state index contributed by atoms with van der Waals surface area (Å²) < 4.78 is 5.33. The monoisotopic (exact) mass is 303 g/mol. The van der Waals surface area contributed by atoms with Crippen LogP contribution in [0.2, 0.25) is 19.6 Å². The van der Waals surface area contributed by atoms with Crippen LogP contribution in [-0.2, 0) is 16.0 Å². The molecule has 0 aliphatic carbocycles. The number of carbonyl (C=O) groups excluding carboxylic acids is 1. The van der Waals surface area contributed by atoms with Gasteiger partial charge in [-0.1, -0.05) is 25.6 Å². The van der Waals surface area contributed by atoms with Crippen LogP contribution in [0.15, 0.2) is 18.2 Å². The van der Waals surface area contributed by atoms with Gasteiger partial charge >= 0.3 is 5.97 Å². The Balaban J connectivity index is 2.92. The largest absolute Gasteiger partial charge is 0.460 e. The molecule has 0 heterocycles. The van der Waals surface area contributed by atoms with Crippen molar-refractivity contribution in [2.24, 2.45) is 0 Å². The van der Waals surface area contributed by atoms with Gasteiger partial charge in [0.15, 0.2) is 0 Å². The summed E-state index contributed by atoms with van der Waals surface area (Å²) in [4.78, 5) is 11.9. The minimum Gasteiger partial charge on any atom is -0.460 e. The molecule has 1 rings (SSSR count). The Hall–Kier alpha value is -1.73. The number of benzene rings is 1. The van der Waals surface area contributed by atoms with E-state index in [0.29, 0.717) is 5.69 Å². The Bertz CT molecular complexity index is 584. The third kappa shape index (κ3) is 7.57. The van der Waals surface area contributed by atoms with E-state index in [1.165, 1.54) is 0 Å². The van der Waals surface area contributed by atoms with Gasteiger partial charge in [0.1, 0.15) is 13.7 Å². The van der Waals surface area contributed by atoms with E-state index in [2.05, 4.69) is 31.1 Å². The molecule has 0 saturated carbocycles. The number of hydrogen-bond acceptors (Lipinski definition) is 3. The first kappa shape index (κ1) is 17.3. The summed E-state index contributed by atoms with van der Waals surface area (Å²) in [6.07, 6.45) is 0.212. The van der Waals surface area contributed by atoms with Gasteiger partial charge in [-0.15, -0.1) is 5.54 Å². The summed E-state index contributed by atoms with van der Waals surface area (Å²) in [7, 11) is -1.43. The summed E-state index contributed by atoms with van der Waals surface area (Å²) >= 11 is 0. The maximum Gasteiger partial charge on any atom is 0.310 e. The number of rotatable bonds is 2. The third-order valence-electron chi connectivity index (χ3n) is 2.37. The molecule has 1 aromatic carbocycles. The first-order valence-electron chi connectivity index (χ1n) is 7.09. The van der Waals surface area contributed by atoms with Gasteiger partial charge in [-0.25, -0.2) is 0 Å². The maximum atomic E-state index is 11.9. The minimum absolute atomic E-state index is 0.212. The van der Waals surface area contributed by atoms with Crippen LogP contribution >= 0.6 is 0 Å². The number of hydrogen-bond donors (Lipinski definition) is 1. The van der Waals surface area contributed by atoms with Gasteiger partial charge in [0.2, 0.25) is 0 Å². The average molecular weight is 303 g/mol. The molecule has 3 nitrogen and oxygen atoms in total. The fraction of sp³-hybridized carbons (Fsp3) is 0.471. The molecule has 0 saturated heterocycles. The number of carbonyl (C=O) groups is 1. The highest BCUT2D eigenvalue weighted by Crippen LogP contribution is 2.15. The van der Waals surface area contributed by atoms with Crippen molar-refractivity contribution in [2.75, 3.05) is 5.73 Å². The topological polar surface area (TPSA) is 52.3 Å². The second kappa shape index (κ2) is 6.36. The first-order valence-corrected chi connectivity index (χ1v) is 10.6. The molecule has 0 aliphatic heterocycles. The van der Waals surface area contributed by atoms with Crippen molar-refractivity contribution in [2.45, 2.75) is 52.4 Å². The van der Waals surface area contributed by atoms with Crippen LogP contribution in [-0.4, -0.2) is 19.6 Å². The summed E-state index contributed by atoms with van der Waals surface area (Å²) in [6.45, 7) is 12.1. The molecule has 0 spiro atoms. The van der Waals surface area contributed by atoms with Crippen LogP contribution in [0.5, 0.6) is 0 Å². The molecule has 0 atom stereocenters. The molecule has 21 heavy (non-hydrogen) atoms. The molecule has 0 amide bonds. The number of nitrogens with two attached hydrogens (primary N) is 1. The summed E-state index contributed by atoms with van der Waals surface area (Å²) in [5.74, 6) is 2.91. The van der Waals surface area contributed by atoms with Crippen LogP contribution < -0.4 is 5.73 Å². The van der Waals surface area contributed by atoms with E-state index in [1.807, 2.05) is 32.9 Å². The maximum absolute atomic E-state index is 11.9. The van der Waals surface area contributed by atoms with Gasteiger partial charge in [0, 0.05) is 11.3 Å². The second-order valence-electron chi connectivity index (χ2n) is 7.23. The van der Waals surface area contributed by atoms with E-state index in [1.54, 1.807) is 6.07 Å². The molecule has 114 valence electrons. The second-order valence-corrected chi connectivity index (χ2v) is 12.0. The predicted octanol–water partition coefficient (Wildman–Crippen LogP) is 3.38. The lowest BCUT2D eigenvalue weighted by atomic mass is 10.1. The van der Waals surface area contributed by atoms with Gasteiger partial charge in [-0.2, -0.15) is 0 Å². The molecule has 2 N–H and O–H groups in total. The smallest absolute Gasteiger partial charge is 0.310 e.